The summed E-state index contributed by atoms with van der Waals surface area (Å²) in [6.07, 6.45) is 0. The van der Waals surface area contributed by atoms with Crippen molar-refractivity contribution in [3.63, 3.8) is 0 Å². The Labute approximate surface area is 179 Å². The molecule has 0 fully saturated rings. The first-order chi connectivity index (χ1) is 15.0. The van der Waals surface area contributed by atoms with Gasteiger partial charge in [0, 0.05) is 17.7 Å². The Morgan fingerprint density at radius 3 is 2.39 bits per heavy atom. The van der Waals surface area contributed by atoms with E-state index in [4.69, 9.17) is 4.74 Å². The summed E-state index contributed by atoms with van der Waals surface area (Å²) in [7, 11) is 0. The molecule has 2 aromatic carbocycles. The van der Waals surface area contributed by atoms with Crippen molar-refractivity contribution in [3.8, 4) is 17.1 Å². The van der Waals surface area contributed by atoms with Gasteiger partial charge >= 0.3 is 0 Å². The first-order valence-corrected chi connectivity index (χ1v) is 9.95. The maximum Gasteiger partial charge on any atom is 0.245 e. The summed E-state index contributed by atoms with van der Waals surface area (Å²) in [6.45, 7) is 4.35. The molecule has 2 heterocycles. The zero-order valence-electron chi connectivity index (χ0n) is 17.2. The molecule has 156 valence electrons. The van der Waals surface area contributed by atoms with Gasteiger partial charge < -0.3 is 10.1 Å². The van der Waals surface area contributed by atoms with Gasteiger partial charge in [-0.15, -0.1) is 0 Å². The SMILES string of the molecule is CCOc1nc(NCc2ccc(C(C)=O)cc2)nc2ccc(-c3ccc(F)cc3)nc12. The van der Waals surface area contributed by atoms with E-state index in [1.807, 2.05) is 31.2 Å². The highest BCUT2D eigenvalue weighted by atomic mass is 19.1. The Kier molecular flexibility index (Phi) is 5.84. The molecule has 0 aliphatic carbocycles. The topological polar surface area (TPSA) is 77.0 Å². The van der Waals surface area contributed by atoms with Crippen LogP contribution in [0.5, 0.6) is 5.88 Å². The van der Waals surface area contributed by atoms with E-state index in [9.17, 15) is 9.18 Å². The van der Waals surface area contributed by atoms with Crippen molar-refractivity contribution in [3.05, 3.63) is 77.6 Å². The lowest BCUT2D eigenvalue weighted by Crippen LogP contribution is -2.07. The summed E-state index contributed by atoms with van der Waals surface area (Å²) >= 11 is 0. The number of nitrogens with zero attached hydrogens (tertiary/aromatic N) is 3. The number of pyridine rings is 1. The van der Waals surface area contributed by atoms with Gasteiger partial charge in [0.15, 0.2) is 11.3 Å². The summed E-state index contributed by atoms with van der Waals surface area (Å²) < 4.78 is 18.9. The van der Waals surface area contributed by atoms with Gasteiger partial charge in [-0.1, -0.05) is 24.3 Å². The van der Waals surface area contributed by atoms with Crippen LogP contribution in [0.15, 0.2) is 60.7 Å². The van der Waals surface area contributed by atoms with Gasteiger partial charge in [0.1, 0.15) is 5.82 Å². The van der Waals surface area contributed by atoms with Crippen LogP contribution >= 0.6 is 0 Å². The lowest BCUT2D eigenvalue weighted by molar-refractivity contribution is 0.101. The molecule has 4 rings (SSSR count). The predicted octanol–water partition coefficient (Wildman–Crippen LogP) is 5.04. The van der Waals surface area contributed by atoms with E-state index in [0.29, 0.717) is 47.3 Å². The Balaban J connectivity index is 1.62. The van der Waals surface area contributed by atoms with Gasteiger partial charge in [0.05, 0.1) is 17.8 Å². The highest BCUT2D eigenvalue weighted by Gasteiger charge is 2.12. The molecule has 0 bridgehead atoms. The molecule has 0 aliphatic rings. The van der Waals surface area contributed by atoms with Crippen LogP contribution in [-0.2, 0) is 6.54 Å². The molecule has 0 unspecified atom stereocenters. The number of benzene rings is 2. The fourth-order valence-electron chi connectivity index (χ4n) is 3.12. The second kappa shape index (κ2) is 8.87. The summed E-state index contributed by atoms with van der Waals surface area (Å²) in [5, 5.41) is 3.20. The largest absolute Gasteiger partial charge is 0.476 e. The smallest absolute Gasteiger partial charge is 0.245 e. The van der Waals surface area contributed by atoms with E-state index in [1.165, 1.54) is 12.1 Å². The van der Waals surface area contributed by atoms with Crippen LogP contribution in [0.4, 0.5) is 10.3 Å². The average molecular weight is 416 g/mol. The van der Waals surface area contributed by atoms with Crippen LogP contribution in [-0.4, -0.2) is 27.3 Å². The molecule has 0 saturated heterocycles. The first-order valence-electron chi connectivity index (χ1n) is 9.95. The molecular weight excluding hydrogens is 395 g/mol. The Bertz CT molecular complexity index is 1230. The molecule has 2 aromatic heterocycles. The van der Waals surface area contributed by atoms with E-state index in [2.05, 4.69) is 20.3 Å². The fraction of sp³-hybridized carbons (Fsp3) is 0.167. The van der Waals surface area contributed by atoms with E-state index in [-0.39, 0.29) is 11.6 Å². The number of hydrogen-bond acceptors (Lipinski definition) is 6. The Morgan fingerprint density at radius 2 is 1.71 bits per heavy atom. The molecule has 1 N–H and O–H groups in total. The van der Waals surface area contributed by atoms with E-state index in [1.54, 1.807) is 31.2 Å². The molecular formula is C24H21FN4O2. The van der Waals surface area contributed by atoms with E-state index < -0.39 is 0 Å². The normalized spacial score (nSPS) is 10.8. The molecule has 0 saturated carbocycles. The number of rotatable bonds is 7. The molecule has 0 amide bonds. The number of carbonyl (C=O) groups excluding carboxylic acids is 1. The number of Topliss-reactive ketones (excluding diaryl/α,β-unsaturated/α-hetero) is 1. The van der Waals surface area contributed by atoms with Gasteiger partial charge in [0.2, 0.25) is 11.8 Å². The highest BCUT2D eigenvalue weighted by molar-refractivity contribution is 5.94. The maximum atomic E-state index is 13.2. The molecule has 0 radical (unpaired) electrons. The van der Waals surface area contributed by atoms with Gasteiger partial charge in [-0.25, -0.2) is 14.4 Å². The Hall–Kier alpha value is -3.87. The zero-order valence-corrected chi connectivity index (χ0v) is 17.2. The minimum Gasteiger partial charge on any atom is -0.476 e. The van der Waals surface area contributed by atoms with Crippen molar-refractivity contribution >= 4 is 22.8 Å². The van der Waals surface area contributed by atoms with Crippen LogP contribution in [0, 0.1) is 5.82 Å². The third kappa shape index (κ3) is 4.66. The molecule has 4 aromatic rings. The monoisotopic (exact) mass is 416 g/mol. The standard InChI is InChI=1S/C24H21FN4O2/c1-3-31-23-22-21(13-12-20(27-22)18-8-10-19(25)11-9-18)28-24(29-23)26-14-16-4-6-17(7-5-16)15(2)30/h4-13H,3,14H2,1-2H3,(H,26,28,29). The van der Waals surface area contributed by atoms with E-state index >= 15 is 0 Å². The van der Waals surface area contributed by atoms with Gasteiger partial charge in [-0.05, 0) is 55.8 Å². The van der Waals surface area contributed by atoms with Crippen LogP contribution in [0.2, 0.25) is 0 Å². The number of aromatic nitrogens is 3. The van der Waals surface area contributed by atoms with Crippen molar-refractivity contribution in [2.24, 2.45) is 0 Å². The zero-order chi connectivity index (χ0) is 21.8. The fourth-order valence-corrected chi connectivity index (χ4v) is 3.12. The lowest BCUT2D eigenvalue weighted by atomic mass is 10.1. The number of fused-ring (bicyclic) bond motifs is 1. The number of anilines is 1. The van der Waals surface area contributed by atoms with Gasteiger partial charge in [0.25, 0.3) is 0 Å². The van der Waals surface area contributed by atoms with Crippen LogP contribution in [0.25, 0.3) is 22.3 Å². The third-order valence-electron chi connectivity index (χ3n) is 4.74. The van der Waals surface area contributed by atoms with Crippen LogP contribution in [0.3, 0.4) is 0 Å². The summed E-state index contributed by atoms with van der Waals surface area (Å²) in [6, 6.07) is 17.2. The van der Waals surface area contributed by atoms with Crippen LogP contribution < -0.4 is 10.1 Å². The second-order valence-corrected chi connectivity index (χ2v) is 6.96. The number of halogens is 1. The minimum absolute atomic E-state index is 0.0336. The summed E-state index contributed by atoms with van der Waals surface area (Å²) in [5.74, 6) is 0.537. The molecule has 0 spiro atoms. The number of ether oxygens (including phenoxy) is 1. The van der Waals surface area contributed by atoms with Crippen molar-refractivity contribution in [2.75, 3.05) is 11.9 Å². The van der Waals surface area contributed by atoms with Crippen molar-refractivity contribution in [2.45, 2.75) is 20.4 Å². The molecule has 31 heavy (non-hydrogen) atoms. The number of hydrogen-bond donors (Lipinski definition) is 1. The third-order valence-corrected chi connectivity index (χ3v) is 4.74. The maximum absolute atomic E-state index is 13.2. The van der Waals surface area contributed by atoms with Crippen molar-refractivity contribution < 1.29 is 13.9 Å². The molecule has 6 nitrogen and oxygen atoms in total. The van der Waals surface area contributed by atoms with Crippen LogP contribution in [0.1, 0.15) is 29.8 Å². The first kappa shape index (κ1) is 20.4. The molecule has 0 atom stereocenters. The van der Waals surface area contributed by atoms with Gasteiger partial charge in [-0.3, -0.25) is 4.79 Å². The number of nitrogens with one attached hydrogen (secondary N) is 1. The number of carbonyl (C=O) groups is 1. The van der Waals surface area contributed by atoms with Crippen molar-refractivity contribution in [1.29, 1.82) is 0 Å². The average Bonchev–Trinajstić information content (AvgIpc) is 2.78. The highest BCUT2D eigenvalue weighted by Crippen LogP contribution is 2.26. The lowest BCUT2D eigenvalue weighted by Gasteiger charge is -2.11. The second-order valence-electron chi connectivity index (χ2n) is 6.96. The molecule has 7 heteroatoms. The quantitative estimate of drug-likeness (QED) is 0.425. The minimum atomic E-state index is -0.297. The van der Waals surface area contributed by atoms with Crippen molar-refractivity contribution in [1.82, 2.24) is 15.0 Å². The predicted molar refractivity (Wildman–Crippen MR) is 118 cm³/mol. The summed E-state index contributed by atoms with van der Waals surface area (Å²) in [4.78, 5) is 25.1. The molecule has 0 aliphatic heterocycles. The van der Waals surface area contributed by atoms with E-state index in [0.717, 1.165) is 11.1 Å². The Morgan fingerprint density at radius 1 is 0.968 bits per heavy atom. The summed E-state index contributed by atoms with van der Waals surface area (Å²) in [5.41, 5.74) is 4.33. The van der Waals surface area contributed by atoms with Gasteiger partial charge in [-0.2, -0.15) is 4.98 Å². The number of ketones is 1.